The summed E-state index contributed by atoms with van der Waals surface area (Å²) in [7, 11) is 0. The van der Waals surface area contributed by atoms with Gasteiger partial charge in [-0.1, -0.05) is 52.4 Å². The van der Waals surface area contributed by atoms with Crippen molar-refractivity contribution in [2.75, 3.05) is 13.1 Å². The molecule has 0 aromatic heterocycles. The van der Waals surface area contributed by atoms with E-state index in [4.69, 9.17) is 0 Å². The van der Waals surface area contributed by atoms with Crippen molar-refractivity contribution in [2.24, 2.45) is 11.8 Å². The third kappa shape index (κ3) is 5.89. The quantitative estimate of drug-likeness (QED) is 0.605. The molecule has 1 unspecified atom stereocenters. The van der Waals surface area contributed by atoms with Crippen molar-refractivity contribution in [3.8, 4) is 0 Å². The lowest BCUT2D eigenvalue weighted by molar-refractivity contribution is 0.333. The van der Waals surface area contributed by atoms with E-state index in [2.05, 4.69) is 19.2 Å². The first-order chi connectivity index (χ1) is 7.86. The largest absolute Gasteiger partial charge is 0.316 e. The molecule has 0 radical (unpaired) electrons. The Morgan fingerprint density at radius 1 is 1.06 bits per heavy atom. The van der Waals surface area contributed by atoms with Gasteiger partial charge in [-0.05, 0) is 44.2 Å². The Kier molecular flexibility index (Phi) is 7.92. The van der Waals surface area contributed by atoms with Crippen molar-refractivity contribution in [1.82, 2.24) is 5.32 Å². The highest BCUT2D eigenvalue weighted by atomic mass is 14.9. The summed E-state index contributed by atoms with van der Waals surface area (Å²) in [5.41, 5.74) is 0. The number of nitrogens with one attached hydrogen (secondary N) is 1. The number of rotatable bonds is 8. The van der Waals surface area contributed by atoms with Gasteiger partial charge in [0.15, 0.2) is 0 Å². The summed E-state index contributed by atoms with van der Waals surface area (Å²) in [6.45, 7) is 7.16. The second-order valence-electron chi connectivity index (χ2n) is 5.56. The Morgan fingerprint density at radius 3 is 2.44 bits per heavy atom. The smallest absolute Gasteiger partial charge is 0.00205 e. The van der Waals surface area contributed by atoms with Crippen molar-refractivity contribution in [3.63, 3.8) is 0 Å². The van der Waals surface area contributed by atoms with Crippen LogP contribution in [0.25, 0.3) is 0 Å². The number of hydrogen-bond acceptors (Lipinski definition) is 1. The zero-order valence-corrected chi connectivity index (χ0v) is 11.4. The van der Waals surface area contributed by atoms with E-state index in [1.54, 1.807) is 0 Å². The molecule has 0 amide bonds. The molecule has 0 heterocycles. The highest BCUT2D eigenvalue weighted by Gasteiger charge is 2.12. The van der Waals surface area contributed by atoms with Gasteiger partial charge in [0, 0.05) is 0 Å². The van der Waals surface area contributed by atoms with E-state index in [9.17, 15) is 0 Å². The van der Waals surface area contributed by atoms with Crippen molar-refractivity contribution >= 4 is 0 Å². The molecule has 16 heavy (non-hydrogen) atoms. The van der Waals surface area contributed by atoms with Crippen LogP contribution in [0.15, 0.2) is 0 Å². The van der Waals surface area contributed by atoms with Crippen LogP contribution in [0.1, 0.15) is 71.6 Å². The lowest BCUT2D eigenvalue weighted by Crippen LogP contribution is -2.26. The maximum Gasteiger partial charge on any atom is -0.00205 e. The third-order valence-electron chi connectivity index (χ3n) is 4.16. The van der Waals surface area contributed by atoms with Gasteiger partial charge >= 0.3 is 0 Å². The molecule has 0 saturated heterocycles. The summed E-state index contributed by atoms with van der Waals surface area (Å²) in [5.74, 6) is 1.95. The van der Waals surface area contributed by atoms with Crippen molar-refractivity contribution in [2.45, 2.75) is 71.6 Å². The predicted octanol–water partition coefficient (Wildman–Crippen LogP) is 4.37. The first-order valence-corrected chi connectivity index (χ1v) is 7.57. The van der Waals surface area contributed by atoms with E-state index in [0.29, 0.717) is 0 Å². The zero-order valence-electron chi connectivity index (χ0n) is 11.4. The highest BCUT2D eigenvalue weighted by Crippen LogP contribution is 2.22. The van der Waals surface area contributed by atoms with Gasteiger partial charge < -0.3 is 5.32 Å². The van der Waals surface area contributed by atoms with Gasteiger partial charge in [0.1, 0.15) is 0 Å². The fourth-order valence-electron chi connectivity index (χ4n) is 2.96. The Bertz CT molecular complexity index is 143. The molecule has 0 aromatic carbocycles. The van der Waals surface area contributed by atoms with Crippen LogP contribution in [0.3, 0.4) is 0 Å². The summed E-state index contributed by atoms with van der Waals surface area (Å²) < 4.78 is 0. The Morgan fingerprint density at radius 2 is 1.81 bits per heavy atom. The van der Waals surface area contributed by atoms with Crippen molar-refractivity contribution in [3.05, 3.63) is 0 Å². The summed E-state index contributed by atoms with van der Waals surface area (Å²) in [6.07, 6.45) is 12.9. The SMILES string of the molecule is CCCC(CC)CCNCC1CCCCC1. The van der Waals surface area contributed by atoms with Gasteiger partial charge in [-0.15, -0.1) is 0 Å². The average Bonchev–Trinajstić information content (AvgIpc) is 2.34. The van der Waals surface area contributed by atoms with E-state index in [1.807, 2.05) is 0 Å². The minimum absolute atomic E-state index is 0.962. The van der Waals surface area contributed by atoms with Crippen LogP contribution in [0.2, 0.25) is 0 Å². The molecule has 1 nitrogen and oxygen atoms in total. The first kappa shape index (κ1) is 14.0. The monoisotopic (exact) mass is 225 g/mol. The summed E-state index contributed by atoms with van der Waals surface area (Å²) in [6, 6.07) is 0. The Hall–Kier alpha value is -0.0400. The summed E-state index contributed by atoms with van der Waals surface area (Å²) in [4.78, 5) is 0. The van der Waals surface area contributed by atoms with E-state index < -0.39 is 0 Å². The number of hydrogen-bond donors (Lipinski definition) is 1. The molecule has 1 aliphatic rings. The Balaban J connectivity index is 1.97. The lowest BCUT2D eigenvalue weighted by atomic mass is 9.89. The molecule has 96 valence electrons. The molecule has 1 atom stereocenters. The van der Waals surface area contributed by atoms with Gasteiger partial charge in [0.05, 0.1) is 0 Å². The fourth-order valence-corrected chi connectivity index (χ4v) is 2.96. The molecule has 1 rings (SSSR count). The van der Waals surface area contributed by atoms with E-state index in [-0.39, 0.29) is 0 Å². The molecular weight excluding hydrogens is 194 g/mol. The van der Waals surface area contributed by atoms with Crippen LogP contribution in [0.4, 0.5) is 0 Å². The van der Waals surface area contributed by atoms with Crippen LogP contribution >= 0.6 is 0 Å². The van der Waals surface area contributed by atoms with Crippen LogP contribution < -0.4 is 5.32 Å². The van der Waals surface area contributed by atoms with Crippen molar-refractivity contribution in [1.29, 1.82) is 0 Å². The van der Waals surface area contributed by atoms with Crippen LogP contribution in [-0.4, -0.2) is 13.1 Å². The van der Waals surface area contributed by atoms with Gasteiger partial charge in [-0.3, -0.25) is 0 Å². The molecule has 1 aliphatic carbocycles. The van der Waals surface area contributed by atoms with Gasteiger partial charge in [0.2, 0.25) is 0 Å². The topological polar surface area (TPSA) is 12.0 Å². The standard InChI is InChI=1S/C15H31N/c1-3-8-14(4-2)11-12-16-13-15-9-6-5-7-10-15/h14-16H,3-13H2,1-2H3. The van der Waals surface area contributed by atoms with Crippen LogP contribution in [0, 0.1) is 11.8 Å². The molecule has 0 aromatic rings. The summed E-state index contributed by atoms with van der Waals surface area (Å²) >= 11 is 0. The summed E-state index contributed by atoms with van der Waals surface area (Å²) in [5, 5.41) is 3.68. The molecular formula is C15H31N. The van der Waals surface area contributed by atoms with E-state index in [0.717, 1.165) is 11.8 Å². The highest BCUT2D eigenvalue weighted by molar-refractivity contribution is 4.68. The first-order valence-electron chi connectivity index (χ1n) is 7.57. The molecule has 1 saturated carbocycles. The van der Waals surface area contributed by atoms with Crippen LogP contribution in [-0.2, 0) is 0 Å². The molecule has 0 aliphatic heterocycles. The van der Waals surface area contributed by atoms with Gasteiger partial charge in [-0.2, -0.15) is 0 Å². The van der Waals surface area contributed by atoms with Crippen LogP contribution in [0.5, 0.6) is 0 Å². The average molecular weight is 225 g/mol. The maximum atomic E-state index is 3.68. The maximum absolute atomic E-state index is 3.68. The predicted molar refractivity (Wildman–Crippen MR) is 72.8 cm³/mol. The molecule has 1 heteroatoms. The fraction of sp³-hybridized carbons (Fsp3) is 1.00. The molecule has 1 fully saturated rings. The lowest BCUT2D eigenvalue weighted by Gasteiger charge is -2.22. The van der Waals surface area contributed by atoms with E-state index in [1.165, 1.54) is 70.9 Å². The normalized spacial score (nSPS) is 19.9. The molecule has 0 bridgehead atoms. The van der Waals surface area contributed by atoms with Gasteiger partial charge in [-0.25, -0.2) is 0 Å². The molecule has 0 spiro atoms. The third-order valence-corrected chi connectivity index (χ3v) is 4.16. The minimum Gasteiger partial charge on any atom is -0.316 e. The van der Waals surface area contributed by atoms with E-state index >= 15 is 0 Å². The second-order valence-corrected chi connectivity index (χ2v) is 5.56. The minimum atomic E-state index is 0.962. The Labute approximate surface area is 102 Å². The molecule has 1 N–H and O–H groups in total. The second kappa shape index (κ2) is 9.04. The van der Waals surface area contributed by atoms with Crippen molar-refractivity contribution < 1.29 is 0 Å². The van der Waals surface area contributed by atoms with Gasteiger partial charge in [0.25, 0.3) is 0 Å². The zero-order chi connectivity index (χ0) is 11.6.